The van der Waals surface area contributed by atoms with Crippen molar-refractivity contribution in [3.05, 3.63) is 48.0 Å². The average molecular weight is 348 g/mol. The molecule has 0 bridgehead atoms. The summed E-state index contributed by atoms with van der Waals surface area (Å²) in [6, 6.07) is 15.2. The second-order valence-electron chi connectivity index (χ2n) is 8.13. The zero-order chi connectivity index (χ0) is 18.7. The lowest BCUT2D eigenvalue weighted by atomic mass is 9.64. The van der Waals surface area contributed by atoms with Crippen LogP contribution in [0.3, 0.4) is 0 Å². The zero-order valence-corrected chi connectivity index (χ0v) is 16.2. The standard InChI is InChI=1S/C24H28O2/c1-5-8-23(25)26-22-15-17(2)11-14-21(22)24(3,4)20-13-12-18-9-6-7-10-19(18)16-20/h6-7,9-10,12-13,16-17,21-22H,11,14-15H2,1-4H3/t17-,21-,22-/m1/s1. The van der Waals surface area contributed by atoms with Crippen molar-refractivity contribution in [2.75, 3.05) is 0 Å². The molecule has 0 spiro atoms. The first-order valence-electron chi connectivity index (χ1n) is 9.54. The van der Waals surface area contributed by atoms with E-state index in [1.54, 1.807) is 6.92 Å². The minimum Gasteiger partial charge on any atom is -0.452 e. The summed E-state index contributed by atoms with van der Waals surface area (Å²) >= 11 is 0. The van der Waals surface area contributed by atoms with E-state index in [-0.39, 0.29) is 11.5 Å². The van der Waals surface area contributed by atoms with Gasteiger partial charge in [0.15, 0.2) is 0 Å². The lowest BCUT2D eigenvalue weighted by Gasteiger charge is -2.43. The van der Waals surface area contributed by atoms with Gasteiger partial charge >= 0.3 is 5.97 Å². The second kappa shape index (κ2) is 7.54. The molecule has 0 heterocycles. The van der Waals surface area contributed by atoms with Crippen LogP contribution in [0.4, 0.5) is 0 Å². The molecule has 0 unspecified atom stereocenters. The average Bonchev–Trinajstić information content (AvgIpc) is 2.61. The van der Waals surface area contributed by atoms with Crippen LogP contribution in [-0.2, 0) is 14.9 Å². The van der Waals surface area contributed by atoms with Crippen molar-refractivity contribution in [1.29, 1.82) is 0 Å². The number of hydrogen-bond donors (Lipinski definition) is 0. The molecular weight excluding hydrogens is 320 g/mol. The number of fused-ring (bicyclic) bond motifs is 1. The van der Waals surface area contributed by atoms with Crippen LogP contribution < -0.4 is 0 Å². The van der Waals surface area contributed by atoms with Gasteiger partial charge in [-0.3, -0.25) is 0 Å². The van der Waals surface area contributed by atoms with Crippen molar-refractivity contribution in [2.24, 2.45) is 11.8 Å². The van der Waals surface area contributed by atoms with Crippen LogP contribution in [0, 0.1) is 23.7 Å². The minimum atomic E-state index is -0.397. The molecule has 136 valence electrons. The predicted molar refractivity (Wildman–Crippen MR) is 107 cm³/mol. The quantitative estimate of drug-likeness (QED) is 0.416. The van der Waals surface area contributed by atoms with E-state index in [9.17, 15) is 4.79 Å². The highest BCUT2D eigenvalue weighted by molar-refractivity contribution is 5.88. The second-order valence-corrected chi connectivity index (χ2v) is 8.13. The molecule has 0 saturated heterocycles. The van der Waals surface area contributed by atoms with Gasteiger partial charge in [-0.05, 0) is 47.4 Å². The Kier molecular flexibility index (Phi) is 5.37. The fourth-order valence-corrected chi connectivity index (χ4v) is 4.36. The highest BCUT2D eigenvalue weighted by Gasteiger charge is 2.41. The molecule has 0 radical (unpaired) electrons. The molecule has 2 aromatic carbocycles. The maximum Gasteiger partial charge on any atom is 0.384 e. The Bertz CT molecular complexity index is 853. The van der Waals surface area contributed by atoms with Gasteiger partial charge in [0.05, 0.1) is 0 Å². The third kappa shape index (κ3) is 3.78. The lowest BCUT2D eigenvalue weighted by molar-refractivity contribution is -0.149. The lowest BCUT2D eigenvalue weighted by Crippen LogP contribution is -2.43. The van der Waals surface area contributed by atoms with Crippen LogP contribution >= 0.6 is 0 Å². The minimum absolute atomic E-state index is 0.0746. The summed E-state index contributed by atoms with van der Waals surface area (Å²) in [7, 11) is 0. The van der Waals surface area contributed by atoms with E-state index in [2.05, 4.69) is 75.1 Å². The van der Waals surface area contributed by atoms with Crippen molar-refractivity contribution >= 4 is 16.7 Å². The molecule has 1 aliphatic carbocycles. The molecule has 26 heavy (non-hydrogen) atoms. The molecule has 3 atom stereocenters. The van der Waals surface area contributed by atoms with Crippen LogP contribution in [0.15, 0.2) is 42.5 Å². The van der Waals surface area contributed by atoms with Crippen LogP contribution in [0.5, 0.6) is 0 Å². The summed E-state index contributed by atoms with van der Waals surface area (Å²) in [4.78, 5) is 12.0. The molecule has 1 aliphatic rings. The largest absolute Gasteiger partial charge is 0.452 e. The van der Waals surface area contributed by atoms with Gasteiger partial charge in [-0.1, -0.05) is 75.6 Å². The summed E-state index contributed by atoms with van der Waals surface area (Å²) in [6.45, 7) is 8.47. The SMILES string of the molecule is CC#CC(=O)O[C@@H]1C[C@H](C)CC[C@H]1C(C)(C)c1ccc2ccccc2c1. The van der Waals surface area contributed by atoms with Crippen molar-refractivity contribution < 1.29 is 9.53 Å². The summed E-state index contributed by atoms with van der Waals surface area (Å²) < 4.78 is 5.80. The van der Waals surface area contributed by atoms with Gasteiger partial charge < -0.3 is 4.74 Å². The molecule has 2 heteroatoms. The normalized spacial score (nSPS) is 23.2. The Balaban J connectivity index is 1.92. The molecule has 2 aromatic rings. The van der Waals surface area contributed by atoms with Crippen molar-refractivity contribution in [3.8, 4) is 11.8 Å². The molecule has 3 rings (SSSR count). The number of carbonyl (C=O) groups is 1. The van der Waals surface area contributed by atoms with Gasteiger partial charge in [0.2, 0.25) is 0 Å². The van der Waals surface area contributed by atoms with Gasteiger partial charge in [-0.2, -0.15) is 0 Å². The van der Waals surface area contributed by atoms with Crippen molar-refractivity contribution in [1.82, 2.24) is 0 Å². The molecular formula is C24H28O2. The Morgan fingerprint density at radius 3 is 2.58 bits per heavy atom. The molecule has 1 fully saturated rings. The number of ether oxygens (including phenoxy) is 1. The smallest absolute Gasteiger partial charge is 0.384 e. The fourth-order valence-electron chi connectivity index (χ4n) is 4.36. The van der Waals surface area contributed by atoms with E-state index in [1.165, 1.54) is 22.8 Å². The summed E-state index contributed by atoms with van der Waals surface area (Å²) in [5, 5.41) is 2.51. The van der Waals surface area contributed by atoms with Crippen LogP contribution in [0.1, 0.15) is 52.5 Å². The molecule has 2 nitrogen and oxygen atoms in total. The van der Waals surface area contributed by atoms with E-state index < -0.39 is 5.97 Å². The maximum absolute atomic E-state index is 12.0. The van der Waals surface area contributed by atoms with Crippen molar-refractivity contribution in [2.45, 2.75) is 58.5 Å². The summed E-state index contributed by atoms with van der Waals surface area (Å²) in [5.74, 6) is 5.65. The molecule has 0 aromatic heterocycles. The Labute approximate surface area is 156 Å². The highest BCUT2D eigenvalue weighted by atomic mass is 16.5. The van der Waals surface area contributed by atoms with Crippen molar-refractivity contribution in [3.63, 3.8) is 0 Å². The van der Waals surface area contributed by atoms with Gasteiger partial charge in [-0.25, -0.2) is 4.79 Å². The Hall–Kier alpha value is -2.27. The number of carbonyl (C=O) groups excluding carboxylic acids is 1. The Morgan fingerprint density at radius 2 is 1.85 bits per heavy atom. The topological polar surface area (TPSA) is 26.3 Å². The number of benzene rings is 2. The summed E-state index contributed by atoms with van der Waals surface area (Å²) in [5.41, 5.74) is 1.23. The van der Waals surface area contributed by atoms with E-state index >= 15 is 0 Å². The first-order valence-corrected chi connectivity index (χ1v) is 9.54. The molecule has 1 saturated carbocycles. The fraction of sp³-hybridized carbons (Fsp3) is 0.458. The predicted octanol–water partition coefficient (Wildman–Crippen LogP) is 5.49. The van der Waals surface area contributed by atoms with E-state index in [4.69, 9.17) is 4.74 Å². The monoisotopic (exact) mass is 348 g/mol. The van der Waals surface area contributed by atoms with Crippen LogP contribution in [0.2, 0.25) is 0 Å². The van der Waals surface area contributed by atoms with E-state index in [1.807, 2.05) is 0 Å². The van der Waals surface area contributed by atoms with Crippen LogP contribution in [-0.4, -0.2) is 12.1 Å². The zero-order valence-electron chi connectivity index (χ0n) is 16.2. The van der Waals surface area contributed by atoms with Crippen LogP contribution in [0.25, 0.3) is 10.8 Å². The van der Waals surface area contributed by atoms with Gasteiger partial charge in [0.25, 0.3) is 0 Å². The molecule has 0 aliphatic heterocycles. The third-order valence-electron chi connectivity index (χ3n) is 5.96. The van der Waals surface area contributed by atoms with Gasteiger partial charge in [0, 0.05) is 11.8 Å². The number of rotatable bonds is 3. The first-order chi connectivity index (χ1) is 12.4. The highest BCUT2D eigenvalue weighted by Crippen LogP contribution is 2.44. The molecule has 0 N–H and O–H groups in total. The number of hydrogen-bond acceptors (Lipinski definition) is 2. The van der Waals surface area contributed by atoms with E-state index in [0.717, 1.165) is 12.8 Å². The maximum atomic E-state index is 12.0. The third-order valence-corrected chi connectivity index (χ3v) is 5.96. The first kappa shape index (κ1) is 18.5. The Morgan fingerprint density at radius 1 is 1.12 bits per heavy atom. The molecule has 0 amide bonds. The summed E-state index contributed by atoms with van der Waals surface area (Å²) in [6.07, 6.45) is 3.08. The van der Waals surface area contributed by atoms with Gasteiger partial charge in [0.1, 0.15) is 6.10 Å². The van der Waals surface area contributed by atoms with E-state index in [0.29, 0.717) is 11.8 Å². The van der Waals surface area contributed by atoms with Gasteiger partial charge in [-0.15, -0.1) is 0 Å². The number of esters is 1.